The number of carbonyl (C=O) groups excluding carboxylic acids is 1. The highest BCUT2D eigenvalue weighted by Crippen LogP contribution is 2.27. The Bertz CT molecular complexity index is 1060. The minimum Gasteiger partial charge on any atom is -0.497 e. The van der Waals surface area contributed by atoms with Crippen molar-refractivity contribution >= 4 is 46.0 Å². The summed E-state index contributed by atoms with van der Waals surface area (Å²) < 4.78 is 7.46. The zero-order chi connectivity index (χ0) is 22.5. The van der Waals surface area contributed by atoms with Gasteiger partial charge in [0.1, 0.15) is 5.75 Å². The lowest BCUT2D eigenvalue weighted by atomic mass is 10.2. The molecule has 32 heavy (non-hydrogen) atoms. The molecule has 3 aromatic rings. The standard InChI is InChI=1S/C24H29ClN4O2S/c1-3-11-29-22-9-4-18(25)17-21(22)26-24(29)32-16-10-23(30)28-14-12-27(13-15-28)19-5-7-20(31-2)8-6-19/h4-9,17H,3,10-16H2,1-2H3. The van der Waals surface area contributed by atoms with E-state index in [0.717, 1.165) is 66.8 Å². The number of piperazine rings is 1. The van der Waals surface area contributed by atoms with Crippen LogP contribution in [0.25, 0.3) is 11.0 Å². The lowest BCUT2D eigenvalue weighted by Crippen LogP contribution is -2.48. The molecule has 0 spiro atoms. The molecule has 0 radical (unpaired) electrons. The van der Waals surface area contributed by atoms with E-state index < -0.39 is 0 Å². The van der Waals surface area contributed by atoms with Crippen molar-refractivity contribution in [3.05, 3.63) is 47.5 Å². The third-order valence-electron chi connectivity index (χ3n) is 5.74. The van der Waals surface area contributed by atoms with Gasteiger partial charge in [-0.1, -0.05) is 30.3 Å². The quantitative estimate of drug-likeness (QED) is 0.434. The number of nitrogens with zero attached hydrogens (tertiary/aromatic N) is 4. The van der Waals surface area contributed by atoms with Crippen LogP contribution in [0, 0.1) is 0 Å². The molecule has 2 heterocycles. The molecule has 1 aliphatic heterocycles. The minimum atomic E-state index is 0.216. The van der Waals surface area contributed by atoms with E-state index in [1.54, 1.807) is 18.9 Å². The number of carbonyl (C=O) groups is 1. The molecule has 0 atom stereocenters. The molecule has 1 saturated heterocycles. The van der Waals surface area contributed by atoms with Gasteiger partial charge in [0, 0.05) is 55.6 Å². The first-order valence-corrected chi connectivity index (χ1v) is 12.4. The van der Waals surface area contributed by atoms with Crippen molar-refractivity contribution in [3.8, 4) is 5.75 Å². The van der Waals surface area contributed by atoms with Crippen molar-refractivity contribution in [2.45, 2.75) is 31.5 Å². The summed E-state index contributed by atoms with van der Waals surface area (Å²) in [5.74, 6) is 1.79. The van der Waals surface area contributed by atoms with Crippen molar-refractivity contribution in [1.82, 2.24) is 14.5 Å². The Morgan fingerprint density at radius 1 is 1.12 bits per heavy atom. The summed E-state index contributed by atoms with van der Waals surface area (Å²) in [6.07, 6.45) is 1.54. The Morgan fingerprint density at radius 2 is 1.88 bits per heavy atom. The van der Waals surface area contributed by atoms with E-state index in [4.69, 9.17) is 21.3 Å². The average molecular weight is 473 g/mol. The number of halogens is 1. The predicted octanol–water partition coefficient (Wildman–Crippen LogP) is 4.94. The van der Waals surface area contributed by atoms with E-state index in [9.17, 15) is 4.79 Å². The van der Waals surface area contributed by atoms with Gasteiger partial charge in [-0.05, 0) is 48.9 Å². The zero-order valence-electron chi connectivity index (χ0n) is 18.6. The van der Waals surface area contributed by atoms with Crippen LogP contribution in [0.3, 0.4) is 0 Å². The number of anilines is 1. The average Bonchev–Trinajstić information content (AvgIpc) is 3.15. The molecule has 0 bridgehead atoms. The summed E-state index contributed by atoms with van der Waals surface area (Å²) in [6, 6.07) is 13.9. The Balaban J connectivity index is 1.29. The molecule has 0 unspecified atom stereocenters. The maximum absolute atomic E-state index is 12.8. The number of ether oxygens (including phenoxy) is 1. The minimum absolute atomic E-state index is 0.216. The van der Waals surface area contributed by atoms with Crippen molar-refractivity contribution in [2.24, 2.45) is 0 Å². The molecule has 1 aliphatic rings. The van der Waals surface area contributed by atoms with Crippen LogP contribution in [0.1, 0.15) is 19.8 Å². The first-order valence-electron chi connectivity index (χ1n) is 11.0. The van der Waals surface area contributed by atoms with Gasteiger partial charge >= 0.3 is 0 Å². The molecular formula is C24H29ClN4O2S. The number of aromatic nitrogens is 2. The van der Waals surface area contributed by atoms with Crippen molar-refractivity contribution in [3.63, 3.8) is 0 Å². The summed E-state index contributed by atoms with van der Waals surface area (Å²) in [7, 11) is 1.67. The van der Waals surface area contributed by atoms with Crippen LogP contribution >= 0.6 is 23.4 Å². The first-order chi connectivity index (χ1) is 15.6. The number of methoxy groups -OCH3 is 1. The number of aryl methyl sites for hydroxylation is 1. The van der Waals surface area contributed by atoms with Gasteiger partial charge in [0.15, 0.2) is 5.16 Å². The lowest BCUT2D eigenvalue weighted by molar-refractivity contribution is -0.131. The molecule has 4 rings (SSSR count). The molecule has 0 aliphatic carbocycles. The predicted molar refractivity (Wildman–Crippen MR) is 132 cm³/mol. The fraction of sp³-hybridized carbons (Fsp3) is 0.417. The molecular weight excluding hydrogens is 444 g/mol. The largest absolute Gasteiger partial charge is 0.497 e. The summed E-state index contributed by atoms with van der Waals surface area (Å²) in [6.45, 7) is 6.26. The van der Waals surface area contributed by atoms with Gasteiger partial charge in [-0.15, -0.1) is 0 Å². The molecule has 1 amide bonds. The second-order valence-electron chi connectivity index (χ2n) is 7.84. The van der Waals surface area contributed by atoms with E-state index in [-0.39, 0.29) is 5.91 Å². The molecule has 6 nitrogen and oxygen atoms in total. The summed E-state index contributed by atoms with van der Waals surface area (Å²) in [5.41, 5.74) is 3.18. The summed E-state index contributed by atoms with van der Waals surface area (Å²) >= 11 is 7.79. The number of fused-ring (bicyclic) bond motifs is 1. The number of thioether (sulfide) groups is 1. The highest BCUT2D eigenvalue weighted by atomic mass is 35.5. The van der Waals surface area contributed by atoms with Gasteiger partial charge in [0.2, 0.25) is 5.91 Å². The Labute approximate surface area is 198 Å². The Morgan fingerprint density at radius 3 is 2.56 bits per heavy atom. The fourth-order valence-corrected chi connectivity index (χ4v) is 5.16. The second kappa shape index (κ2) is 10.5. The molecule has 8 heteroatoms. The van der Waals surface area contributed by atoms with Gasteiger partial charge in [0.05, 0.1) is 18.1 Å². The SMILES string of the molecule is CCCn1c(SCCC(=O)N2CCN(c3ccc(OC)cc3)CC2)nc2cc(Cl)ccc21. The monoisotopic (exact) mass is 472 g/mol. The molecule has 170 valence electrons. The molecule has 0 N–H and O–H groups in total. The maximum atomic E-state index is 12.8. The molecule has 1 aromatic heterocycles. The normalized spacial score (nSPS) is 14.2. The Hall–Kier alpha value is -2.38. The smallest absolute Gasteiger partial charge is 0.223 e. The summed E-state index contributed by atoms with van der Waals surface area (Å²) in [5, 5.41) is 1.65. The fourth-order valence-electron chi connectivity index (χ4n) is 4.03. The van der Waals surface area contributed by atoms with E-state index in [1.807, 2.05) is 35.2 Å². The Kier molecular flexibility index (Phi) is 7.48. The number of benzene rings is 2. The van der Waals surface area contributed by atoms with Gasteiger partial charge in [0.25, 0.3) is 0 Å². The van der Waals surface area contributed by atoms with E-state index in [0.29, 0.717) is 11.4 Å². The van der Waals surface area contributed by atoms with Crippen LogP contribution in [0.5, 0.6) is 5.75 Å². The lowest BCUT2D eigenvalue weighted by Gasteiger charge is -2.36. The van der Waals surface area contributed by atoms with Crippen LogP contribution in [0.15, 0.2) is 47.6 Å². The van der Waals surface area contributed by atoms with Crippen LogP contribution in [0.2, 0.25) is 5.02 Å². The first kappa shape index (κ1) is 22.8. The molecule has 0 saturated carbocycles. The third kappa shape index (κ3) is 5.15. The molecule has 2 aromatic carbocycles. The van der Waals surface area contributed by atoms with Crippen LogP contribution in [0.4, 0.5) is 5.69 Å². The zero-order valence-corrected chi connectivity index (χ0v) is 20.2. The van der Waals surface area contributed by atoms with E-state index in [1.165, 1.54) is 5.69 Å². The highest BCUT2D eigenvalue weighted by Gasteiger charge is 2.21. The van der Waals surface area contributed by atoms with Gasteiger partial charge in [-0.25, -0.2) is 4.98 Å². The molecule has 1 fully saturated rings. The van der Waals surface area contributed by atoms with Crippen molar-refractivity contribution < 1.29 is 9.53 Å². The number of amides is 1. The van der Waals surface area contributed by atoms with Gasteiger partial charge in [-0.3, -0.25) is 4.79 Å². The second-order valence-corrected chi connectivity index (χ2v) is 9.34. The number of rotatable bonds is 8. The van der Waals surface area contributed by atoms with E-state index in [2.05, 4.69) is 28.5 Å². The third-order valence-corrected chi connectivity index (χ3v) is 6.95. The van der Waals surface area contributed by atoms with Crippen molar-refractivity contribution in [2.75, 3.05) is 43.9 Å². The maximum Gasteiger partial charge on any atom is 0.223 e. The van der Waals surface area contributed by atoms with Crippen LogP contribution in [-0.4, -0.2) is 59.4 Å². The number of hydrogen-bond acceptors (Lipinski definition) is 5. The number of hydrogen-bond donors (Lipinski definition) is 0. The van der Waals surface area contributed by atoms with Crippen LogP contribution in [-0.2, 0) is 11.3 Å². The van der Waals surface area contributed by atoms with Crippen LogP contribution < -0.4 is 9.64 Å². The van der Waals surface area contributed by atoms with E-state index >= 15 is 0 Å². The highest BCUT2D eigenvalue weighted by molar-refractivity contribution is 7.99. The van der Waals surface area contributed by atoms with Gasteiger partial charge in [-0.2, -0.15) is 0 Å². The van der Waals surface area contributed by atoms with Crippen molar-refractivity contribution in [1.29, 1.82) is 0 Å². The van der Waals surface area contributed by atoms with Gasteiger partial charge < -0.3 is 19.1 Å². The summed E-state index contributed by atoms with van der Waals surface area (Å²) in [4.78, 5) is 21.8. The topological polar surface area (TPSA) is 50.6 Å². The number of imidazole rings is 1.